The molecule has 0 saturated heterocycles. The fourth-order valence-corrected chi connectivity index (χ4v) is 3.26. The number of methoxy groups -OCH3 is 1. The highest BCUT2D eigenvalue weighted by molar-refractivity contribution is 7.92. The monoisotopic (exact) mass is 368 g/mol. The average molecular weight is 370 g/mol. The number of anilines is 1. The van der Waals surface area contributed by atoms with E-state index in [0.717, 1.165) is 0 Å². The van der Waals surface area contributed by atoms with E-state index in [1.165, 1.54) is 25.3 Å². The third-order valence-electron chi connectivity index (χ3n) is 2.26. The lowest BCUT2D eigenvalue weighted by molar-refractivity contribution is 0.392. The highest BCUT2D eigenvalue weighted by atomic mass is 35.5. The minimum absolute atomic E-state index is 0.102. The maximum Gasteiger partial charge on any atom is 0.277 e. The van der Waals surface area contributed by atoms with Gasteiger partial charge in [-0.2, -0.15) is 4.98 Å². The van der Waals surface area contributed by atoms with Crippen LogP contribution >= 0.6 is 34.8 Å². The molecule has 112 valence electrons. The Morgan fingerprint density at radius 2 is 1.90 bits per heavy atom. The van der Waals surface area contributed by atoms with Crippen molar-refractivity contribution in [2.75, 3.05) is 11.8 Å². The molecule has 0 amide bonds. The summed E-state index contributed by atoms with van der Waals surface area (Å²) in [6.07, 6.45) is 0. The Morgan fingerprint density at radius 1 is 1.19 bits per heavy atom. The topological polar surface area (TPSA) is 94.1 Å². The molecule has 0 bridgehead atoms. The Bertz CT molecular complexity index is 785. The predicted molar refractivity (Wildman–Crippen MR) is 78.7 cm³/mol. The van der Waals surface area contributed by atoms with Crippen molar-refractivity contribution in [2.45, 2.75) is 4.90 Å². The molecule has 0 aliphatic carbocycles. The van der Waals surface area contributed by atoms with E-state index in [0.29, 0.717) is 0 Å². The number of aromatic nitrogens is 3. The van der Waals surface area contributed by atoms with Crippen LogP contribution in [0.15, 0.2) is 23.1 Å². The minimum Gasteiger partial charge on any atom is -0.477 e. The Morgan fingerprint density at radius 3 is 2.57 bits per heavy atom. The number of hydrogen-bond acceptors (Lipinski definition) is 6. The number of sulfonamides is 1. The second-order valence-electron chi connectivity index (χ2n) is 3.60. The average Bonchev–Trinajstić information content (AvgIpc) is 2.41. The zero-order chi connectivity index (χ0) is 15.6. The van der Waals surface area contributed by atoms with Gasteiger partial charge in [-0.3, -0.25) is 4.72 Å². The molecule has 1 aromatic carbocycles. The van der Waals surface area contributed by atoms with Gasteiger partial charge >= 0.3 is 0 Å². The van der Waals surface area contributed by atoms with Crippen LogP contribution in [-0.2, 0) is 10.0 Å². The molecule has 1 aromatic heterocycles. The minimum atomic E-state index is -4.05. The van der Waals surface area contributed by atoms with Gasteiger partial charge in [-0.05, 0) is 23.7 Å². The number of halogens is 3. The molecule has 2 aromatic rings. The summed E-state index contributed by atoms with van der Waals surface area (Å²) in [5, 5.41) is 6.75. The molecule has 0 fully saturated rings. The van der Waals surface area contributed by atoms with Gasteiger partial charge in [0, 0.05) is 0 Å². The lowest BCUT2D eigenvalue weighted by Crippen LogP contribution is -2.16. The maximum absolute atomic E-state index is 12.3. The van der Waals surface area contributed by atoms with Gasteiger partial charge in [0.1, 0.15) is 4.90 Å². The van der Waals surface area contributed by atoms with Crippen LogP contribution in [0, 0.1) is 0 Å². The third-order valence-corrected chi connectivity index (χ3v) is 4.73. The highest BCUT2D eigenvalue weighted by Gasteiger charge is 2.22. The van der Waals surface area contributed by atoms with E-state index in [4.69, 9.17) is 39.5 Å². The molecule has 1 N–H and O–H groups in total. The van der Waals surface area contributed by atoms with E-state index in [9.17, 15) is 8.42 Å². The second kappa shape index (κ2) is 6.18. The van der Waals surface area contributed by atoms with E-state index in [1.807, 2.05) is 0 Å². The summed E-state index contributed by atoms with van der Waals surface area (Å²) < 4.78 is 31.7. The third kappa shape index (κ3) is 3.46. The van der Waals surface area contributed by atoms with E-state index in [1.54, 1.807) is 0 Å². The maximum atomic E-state index is 12.3. The van der Waals surface area contributed by atoms with Crippen LogP contribution in [0.1, 0.15) is 0 Å². The molecule has 0 spiro atoms. The molecule has 7 nitrogen and oxygen atoms in total. The van der Waals surface area contributed by atoms with Gasteiger partial charge in [0.2, 0.25) is 11.1 Å². The van der Waals surface area contributed by atoms with Crippen molar-refractivity contribution >= 4 is 50.6 Å². The fourth-order valence-electron chi connectivity index (χ4n) is 1.37. The van der Waals surface area contributed by atoms with Gasteiger partial charge in [-0.1, -0.05) is 29.3 Å². The summed E-state index contributed by atoms with van der Waals surface area (Å²) in [5.74, 6) is -0.352. The van der Waals surface area contributed by atoms with E-state index in [2.05, 4.69) is 19.9 Å². The largest absolute Gasteiger partial charge is 0.477 e. The zero-order valence-electron chi connectivity index (χ0n) is 10.3. The first-order valence-electron chi connectivity index (χ1n) is 5.26. The SMILES string of the molecule is COc1nnc(Cl)nc1NS(=O)(=O)c1cccc(Cl)c1Cl. The van der Waals surface area contributed by atoms with Crippen LogP contribution in [0.3, 0.4) is 0 Å². The van der Waals surface area contributed by atoms with Crippen molar-refractivity contribution < 1.29 is 13.2 Å². The van der Waals surface area contributed by atoms with Crippen molar-refractivity contribution in [2.24, 2.45) is 0 Å². The van der Waals surface area contributed by atoms with Crippen LogP contribution in [0.25, 0.3) is 0 Å². The quantitative estimate of drug-likeness (QED) is 0.890. The van der Waals surface area contributed by atoms with Gasteiger partial charge in [-0.15, -0.1) is 10.2 Å². The molecule has 0 unspecified atom stereocenters. The molecular weight excluding hydrogens is 363 g/mol. The first-order chi connectivity index (χ1) is 9.85. The fraction of sp³-hybridized carbons (Fsp3) is 0.100. The number of nitrogens with zero attached hydrogens (tertiary/aromatic N) is 3. The summed E-state index contributed by atoms with van der Waals surface area (Å²) in [4.78, 5) is 3.49. The number of hydrogen-bond donors (Lipinski definition) is 1. The Balaban J connectivity index is 2.47. The molecule has 1 heterocycles. The van der Waals surface area contributed by atoms with Crippen LogP contribution in [0.2, 0.25) is 15.3 Å². The summed E-state index contributed by atoms with van der Waals surface area (Å²) in [7, 11) is -2.77. The van der Waals surface area contributed by atoms with Gasteiger partial charge in [0.25, 0.3) is 15.9 Å². The van der Waals surface area contributed by atoms with Crippen LogP contribution in [0.4, 0.5) is 5.82 Å². The van der Waals surface area contributed by atoms with E-state index in [-0.39, 0.29) is 31.9 Å². The standard InChI is InChI=1S/C10H7Cl3N4O3S/c1-20-9-8(14-10(13)16-15-9)17-21(18,19)6-4-2-3-5(11)7(6)12/h2-4H,1H3,(H,14,16,17). The number of benzene rings is 1. The summed E-state index contributed by atoms with van der Waals surface area (Å²) in [5.41, 5.74) is 0. The predicted octanol–water partition coefficient (Wildman–Crippen LogP) is 2.64. The van der Waals surface area contributed by atoms with Crippen molar-refractivity contribution in [1.82, 2.24) is 15.2 Å². The molecule has 11 heteroatoms. The van der Waals surface area contributed by atoms with Crippen molar-refractivity contribution in [3.63, 3.8) is 0 Å². The van der Waals surface area contributed by atoms with Gasteiger partial charge in [0.05, 0.1) is 17.2 Å². The van der Waals surface area contributed by atoms with Crippen LogP contribution in [0.5, 0.6) is 5.88 Å². The Kier molecular flexibility index (Phi) is 4.72. The molecule has 0 aliphatic heterocycles. The molecule has 2 rings (SSSR count). The second-order valence-corrected chi connectivity index (χ2v) is 6.37. The normalized spacial score (nSPS) is 11.2. The van der Waals surface area contributed by atoms with Crippen LogP contribution < -0.4 is 9.46 Å². The smallest absolute Gasteiger partial charge is 0.277 e. The molecule has 0 atom stereocenters. The summed E-state index contributed by atoms with van der Waals surface area (Å²) >= 11 is 17.3. The van der Waals surface area contributed by atoms with E-state index >= 15 is 0 Å². The molecule has 21 heavy (non-hydrogen) atoms. The Hall–Kier alpha value is -1.35. The van der Waals surface area contributed by atoms with Crippen LogP contribution in [-0.4, -0.2) is 30.7 Å². The van der Waals surface area contributed by atoms with Gasteiger partial charge in [0.15, 0.2) is 0 Å². The molecule has 0 aliphatic rings. The van der Waals surface area contributed by atoms with Crippen molar-refractivity contribution in [1.29, 1.82) is 0 Å². The number of nitrogens with one attached hydrogen (secondary N) is 1. The van der Waals surface area contributed by atoms with E-state index < -0.39 is 10.0 Å². The first-order valence-corrected chi connectivity index (χ1v) is 7.88. The van der Waals surface area contributed by atoms with Crippen molar-refractivity contribution in [3.8, 4) is 5.88 Å². The molecule has 0 radical (unpaired) electrons. The van der Waals surface area contributed by atoms with Gasteiger partial charge < -0.3 is 4.74 Å². The van der Waals surface area contributed by atoms with Gasteiger partial charge in [-0.25, -0.2) is 8.42 Å². The number of ether oxygens (including phenoxy) is 1. The summed E-state index contributed by atoms with van der Waals surface area (Å²) in [6.45, 7) is 0. The number of rotatable bonds is 4. The zero-order valence-corrected chi connectivity index (χ0v) is 13.4. The first kappa shape index (κ1) is 16.0. The molecule has 0 saturated carbocycles. The summed E-state index contributed by atoms with van der Waals surface area (Å²) in [6, 6.07) is 4.21. The lowest BCUT2D eigenvalue weighted by atomic mass is 10.4. The lowest BCUT2D eigenvalue weighted by Gasteiger charge is -2.11. The highest BCUT2D eigenvalue weighted by Crippen LogP contribution is 2.31. The van der Waals surface area contributed by atoms with Crippen molar-refractivity contribution in [3.05, 3.63) is 33.5 Å². The molecular formula is C10H7Cl3N4O3S. The Labute approximate surface area is 135 Å².